The highest BCUT2D eigenvalue weighted by molar-refractivity contribution is 7.92. The van der Waals surface area contributed by atoms with E-state index in [1.807, 2.05) is 0 Å². The molecule has 2 rings (SSSR count). The van der Waals surface area contributed by atoms with Crippen molar-refractivity contribution in [1.82, 2.24) is 0 Å². The summed E-state index contributed by atoms with van der Waals surface area (Å²) < 4.78 is 32.1. The van der Waals surface area contributed by atoms with Crippen LogP contribution >= 0.6 is 11.6 Å². The van der Waals surface area contributed by atoms with Gasteiger partial charge in [0.15, 0.2) is 0 Å². The molecule has 8 nitrogen and oxygen atoms in total. The number of anilines is 1. The van der Waals surface area contributed by atoms with Crippen LogP contribution in [0.5, 0.6) is 0 Å². The molecule has 0 aromatic heterocycles. The summed E-state index contributed by atoms with van der Waals surface area (Å²) >= 11 is 5.94. The van der Waals surface area contributed by atoms with Crippen molar-refractivity contribution < 1.29 is 22.9 Å². The van der Waals surface area contributed by atoms with Gasteiger partial charge in [-0.15, -0.1) is 0 Å². The Kier molecular flexibility index (Phi) is 5.83. The Morgan fingerprint density at radius 2 is 1.96 bits per heavy atom. The van der Waals surface area contributed by atoms with Crippen LogP contribution in [-0.4, -0.2) is 25.9 Å². The first-order chi connectivity index (χ1) is 12.2. The van der Waals surface area contributed by atoms with Gasteiger partial charge in [-0.2, -0.15) is 0 Å². The second kappa shape index (κ2) is 7.71. The van der Waals surface area contributed by atoms with Crippen LogP contribution in [0, 0.1) is 17.0 Å². The molecule has 0 atom stereocenters. The van der Waals surface area contributed by atoms with Crippen molar-refractivity contribution in [2.75, 3.05) is 11.3 Å². The summed E-state index contributed by atoms with van der Waals surface area (Å²) in [6, 6.07) is 7.53. The highest BCUT2D eigenvalue weighted by Crippen LogP contribution is 2.26. The van der Waals surface area contributed by atoms with Gasteiger partial charge in [-0.05, 0) is 38.1 Å². The van der Waals surface area contributed by atoms with E-state index < -0.39 is 20.9 Å². The predicted octanol–water partition coefficient (Wildman–Crippen LogP) is 3.53. The maximum Gasteiger partial charge on any atom is 0.339 e. The lowest BCUT2D eigenvalue weighted by atomic mass is 10.2. The Morgan fingerprint density at radius 3 is 2.58 bits per heavy atom. The van der Waals surface area contributed by atoms with Crippen LogP contribution in [0.25, 0.3) is 0 Å². The average Bonchev–Trinajstić information content (AvgIpc) is 2.56. The number of aryl methyl sites for hydroxylation is 1. The van der Waals surface area contributed by atoms with E-state index in [2.05, 4.69) is 4.72 Å². The van der Waals surface area contributed by atoms with Gasteiger partial charge in [-0.3, -0.25) is 14.8 Å². The molecule has 0 saturated heterocycles. The van der Waals surface area contributed by atoms with Crippen molar-refractivity contribution in [1.29, 1.82) is 0 Å². The number of nitrogens with one attached hydrogen (secondary N) is 1. The second-order valence-corrected chi connectivity index (χ2v) is 7.32. The molecule has 138 valence electrons. The fourth-order valence-electron chi connectivity index (χ4n) is 2.12. The lowest BCUT2D eigenvalue weighted by Gasteiger charge is -2.11. The third-order valence-corrected chi connectivity index (χ3v) is 5.11. The average molecular weight is 399 g/mol. The van der Waals surface area contributed by atoms with Crippen molar-refractivity contribution >= 4 is 39.0 Å². The van der Waals surface area contributed by atoms with E-state index in [0.717, 1.165) is 6.07 Å². The number of halogens is 1. The summed E-state index contributed by atoms with van der Waals surface area (Å²) in [5.74, 6) is -0.690. The molecule has 0 bridgehead atoms. The molecular weight excluding hydrogens is 384 g/mol. The van der Waals surface area contributed by atoms with Crippen molar-refractivity contribution in [3.05, 3.63) is 62.7 Å². The first kappa shape index (κ1) is 19.7. The quantitative estimate of drug-likeness (QED) is 0.452. The fraction of sp³-hybridized carbons (Fsp3) is 0.188. The standard InChI is InChI=1S/C16H15ClN2O6S/c1-3-25-16(20)13-8-11(5-7-14(13)17)18-26(23,24)12-6-4-10(2)15(9-12)19(21)22/h4-9,18H,3H2,1-2H3. The summed E-state index contributed by atoms with van der Waals surface area (Å²) in [6.07, 6.45) is 0. The highest BCUT2D eigenvalue weighted by atomic mass is 35.5. The number of nitro groups is 1. The van der Waals surface area contributed by atoms with E-state index in [-0.39, 0.29) is 33.5 Å². The van der Waals surface area contributed by atoms with E-state index in [4.69, 9.17) is 16.3 Å². The zero-order valence-electron chi connectivity index (χ0n) is 13.9. The summed E-state index contributed by atoms with van der Waals surface area (Å²) in [7, 11) is -4.10. The molecule has 26 heavy (non-hydrogen) atoms. The van der Waals surface area contributed by atoms with Gasteiger partial charge in [-0.1, -0.05) is 17.7 Å². The van der Waals surface area contributed by atoms with Crippen LogP contribution in [0.15, 0.2) is 41.3 Å². The largest absolute Gasteiger partial charge is 0.462 e. The third kappa shape index (κ3) is 4.30. The fourth-order valence-corrected chi connectivity index (χ4v) is 3.38. The first-order valence-corrected chi connectivity index (χ1v) is 9.26. The van der Waals surface area contributed by atoms with E-state index in [9.17, 15) is 23.3 Å². The summed E-state index contributed by atoms with van der Waals surface area (Å²) in [4.78, 5) is 21.9. The number of sulfonamides is 1. The van der Waals surface area contributed by atoms with Gasteiger partial charge in [0.25, 0.3) is 15.7 Å². The Balaban J connectivity index is 2.38. The molecule has 0 aliphatic heterocycles. The van der Waals surface area contributed by atoms with Gasteiger partial charge in [0, 0.05) is 17.3 Å². The molecule has 0 unspecified atom stereocenters. The zero-order valence-corrected chi connectivity index (χ0v) is 15.4. The van der Waals surface area contributed by atoms with Crippen molar-refractivity contribution in [2.45, 2.75) is 18.7 Å². The van der Waals surface area contributed by atoms with Crippen LogP contribution in [0.4, 0.5) is 11.4 Å². The number of rotatable bonds is 6. The minimum atomic E-state index is -4.10. The minimum absolute atomic E-state index is 0.00334. The van der Waals surface area contributed by atoms with E-state index >= 15 is 0 Å². The molecule has 0 aliphatic rings. The molecule has 1 N–H and O–H groups in total. The second-order valence-electron chi connectivity index (χ2n) is 5.23. The monoisotopic (exact) mass is 398 g/mol. The van der Waals surface area contributed by atoms with Crippen LogP contribution in [0.1, 0.15) is 22.8 Å². The van der Waals surface area contributed by atoms with Gasteiger partial charge >= 0.3 is 5.97 Å². The number of ether oxygens (including phenoxy) is 1. The molecule has 0 aliphatic carbocycles. The number of benzene rings is 2. The number of hydrogen-bond donors (Lipinski definition) is 1. The van der Waals surface area contributed by atoms with Crippen molar-refractivity contribution in [3.63, 3.8) is 0 Å². The lowest BCUT2D eigenvalue weighted by molar-refractivity contribution is -0.385. The Labute approximate surface area is 154 Å². The molecule has 2 aromatic carbocycles. The minimum Gasteiger partial charge on any atom is -0.462 e. The summed E-state index contributed by atoms with van der Waals surface area (Å²) in [6.45, 7) is 3.27. The number of nitro benzene ring substituents is 1. The van der Waals surface area contributed by atoms with Gasteiger partial charge in [-0.25, -0.2) is 13.2 Å². The molecule has 0 saturated carbocycles. The molecule has 0 radical (unpaired) electrons. The Hall–Kier alpha value is -2.65. The molecule has 0 spiro atoms. The molecular formula is C16H15ClN2O6S. The maximum atomic E-state index is 12.5. The molecule has 10 heteroatoms. The molecule has 0 fully saturated rings. The highest BCUT2D eigenvalue weighted by Gasteiger charge is 2.21. The third-order valence-electron chi connectivity index (χ3n) is 3.40. The Bertz CT molecular complexity index is 975. The number of nitrogens with zero attached hydrogens (tertiary/aromatic N) is 1. The smallest absolute Gasteiger partial charge is 0.339 e. The van der Waals surface area contributed by atoms with Crippen molar-refractivity contribution in [2.24, 2.45) is 0 Å². The van der Waals surface area contributed by atoms with Gasteiger partial charge in [0.2, 0.25) is 0 Å². The van der Waals surface area contributed by atoms with E-state index in [0.29, 0.717) is 5.56 Å². The van der Waals surface area contributed by atoms with Crippen LogP contribution < -0.4 is 4.72 Å². The normalized spacial score (nSPS) is 11.0. The topological polar surface area (TPSA) is 116 Å². The number of carbonyl (C=O) groups excluding carboxylic acids is 1. The number of carbonyl (C=O) groups is 1. The molecule has 2 aromatic rings. The van der Waals surface area contributed by atoms with Crippen LogP contribution in [0.2, 0.25) is 5.02 Å². The lowest BCUT2D eigenvalue weighted by Crippen LogP contribution is -2.14. The molecule has 0 heterocycles. The SMILES string of the molecule is CCOC(=O)c1cc(NS(=O)(=O)c2ccc(C)c([N+](=O)[O-])c2)ccc1Cl. The summed E-state index contributed by atoms with van der Waals surface area (Å²) in [5, 5.41) is 11.1. The zero-order chi connectivity index (χ0) is 19.5. The van der Waals surface area contributed by atoms with Gasteiger partial charge in [0.1, 0.15) is 0 Å². The van der Waals surface area contributed by atoms with Crippen LogP contribution in [-0.2, 0) is 14.8 Å². The maximum absolute atomic E-state index is 12.5. The predicted molar refractivity (Wildman–Crippen MR) is 96.1 cm³/mol. The van der Waals surface area contributed by atoms with Crippen molar-refractivity contribution in [3.8, 4) is 0 Å². The first-order valence-electron chi connectivity index (χ1n) is 7.40. The molecule has 0 amide bonds. The van der Waals surface area contributed by atoms with E-state index in [1.54, 1.807) is 6.92 Å². The number of esters is 1. The van der Waals surface area contributed by atoms with Gasteiger partial charge in [0.05, 0.1) is 27.0 Å². The summed E-state index contributed by atoms with van der Waals surface area (Å²) in [5.41, 5.74) is 0.102. The van der Waals surface area contributed by atoms with E-state index in [1.165, 1.54) is 37.3 Å². The Morgan fingerprint density at radius 1 is 1.27 bits per heavy atom. The van der Waals surface area contributed by atoms with Crippen LogP contribution in [0.3, 0.4) is 0 Å². The number of hydrogen-bond acceptors (Lipinski definition) is 6. The van der Waals surface area contributed by atoms with Gasteiger partial charge < -0.3 is 4.74 Å².